The summed E-state index contributed by atoms with van der Waals surface area (Å²) in [5, 5.41) is 0. The first-order chi connectivity index (χ1) is 16.6. The SMILES string of the molecule is CCCCCCN(CCCCCC)S(=O)(=O)N1CCC[C@@H]2CN3CCc4ccccc4[C@@H]3C[C@@H]21.Cl. The van der Waals surface area contributed by atoms with E-state index < -0.39 is 10.2 Å². The molecule has 3 aliphatic heterocycles. The third-order valence-corrected chi connectivity index (χ3v) is 10.5. The summed E-state index contributed by atoms with van der Waals surface area (Å²) in [6, 6.07) is 9.35. The van der Waals surface area contributed by atoms with Crippen LogP contribution < -0.4 is 0 Å². The molecule has 7 heteroatoms. The summed E-state index contributed by atoms with van der Waals surface area (Å²) in [5.41, 5.74) is 2.90. The van der Waals surface area contributed by atoms with Gasteiger partial charge >= 0.3 is 0 Å². The second-order valence-corrected chi connectivity index (χ2v) is 12.7. The van der Waals surface area contributed by atoms with Crippen molar-refractivity contribution in [2.24, 2.45) is 5.92 Å². The normalized spacial score (nSPS) is 24.9. The molecule has 2 saturated heterocycles. The number of hydrogen-bond acceptors (Lipinski definition) is 3. The third kappa shape index (κ3) is 6.81. The van der Waals surface area contributed by atoms with Crippen molar-refractivity contribution in [3.8, 4) is 0 Å². The van der Waals surface area contributed by atoms with Crippen LogP contribution in [0.25, 0.3) is 0 Å². The number of fused-ring (bicyclic) bond motifs is 4. The van der Waals surface area contributed by atoms with Gasteiger partial charge in [0.1, 0.15) is 0 Å². The summed E-state index contributed by atoms with van der Waals surface area (Å²) in [7, 11) is -3.44. The lowest BCUT2D eigenvalue weighted by Crippen LogP contribution is -2.59. The molecule has 3 atom stereocenters. The molecule has 0 spiro atoms. The zero-order chi connectivity index (χ0) is 24.0. The van der Waals surface area contributed by atoms with E-state index in [0.29, 0.717) is 31.6 Å². The van der Waals surface area contributed by atoms with E-state index in [4.69, 9.17) is 0 Å². The molecule has 0 radical (unpaired) electrons. The van der Waals surface area contributed by atoms with E-state index in [-0.39, 0.29) is 18.4 Å². The Labute approximate surface area is 221 Å². The molecule has 3 heterocycles. The maximum atomic E-state index is 14.1. The lowest BCUT2D eigenvalue weighted by atomic mass is 9.77. The zero-order valence-electron chi connectivity index (χ0n) is 22.0. The van der Waals surface area contributed by atoms with Crippen molar-refractivity contribution in [1.82, 2.24) is 13.5 Å². The molecule has 0 unspecified atom stereocenters. The van der Waals surface area contributed by atoms with Crippen LogP contribution in [0.1, 0.15) is 102 Å². The van der Waals surface area contributed by atoms with E-state index >= 15 is 0 Å². The summed E-state index contributed by atoms with van der Waals surface area (Å²) in [6.07, 6.45) is 13.2. The van der Waals surface area contributed by atoms with Crippen molar-refractivity contribution in [3.05, 3.63) is 35.4 Å². The van der Waals surface area contributed by atoms with E-state index in [2.05, 4.69) is 43.0 Å². The van der Waals surface area contributed by atoms with Crippen LogP contribution in [0.15, 0.2) is 24.3 Å². The highest BCUT2D eigenvalue weighted by molar-refractivity contribution is 7.86. The van der Waals surface area contributed by atoms with Crippen LogP contribution in [-0.4, -0.2) is 60.7 Å². The molecule has 1 aromatic rings. The maximum Gasteiger partial charge on any atom is 0.282 e. The smallest absolute Gasteiger partial charge is 0.282 e. The molecule has 0 aliphatic carbocycles. The van der Waals surface area contributed by atoms with Crippen LogP contribution in [-0.2, 0) is 16.6 Å². The van der Waals surface area contributed by atoms with Crippen molar-refractivity contribution >= 4 is 22.6 Å². The number of benzene rings is 1. The van der Waals surface area contributed by atoms with Crippen LogP contribution in [0, 0.1) is 5.92 Å². The van der Waals surface area contributed by atoms with Crippen molar-refractivity contribution in [1.29, 1.82) is 0 Å². The van der Waals surface area contributed by atoms with E-state index in [1.807, 2.05) is 8.61 Å². The number of hydrogen-bond donors (Lipinski definition) is 0. The summed E-state index contributed by atoms with van der Waals surface area (Å²) in [5.74, 6) is 0.465. The Balaban J connectivity index is 0.00000342. The van der Waals surface area contributed by atoms with Crippen molar-refractivity contribution in [2.75, 3.05) is 32.7 Å². The fourth-order valence-electron chi connectivity index (χ4n) is 6.56. The lowest BCUT2D eigenvalue weighted by molar-refractivity contribution is 0.0197. The number of rotatable bonds is 12. The molecule has 35 heavy (non-hydrogen) atoms. The van der Waals surface area contributed by atoms with Gasteiger partial charge in [-0.1, -0.05) is 76.6 Å². The molecule has 0 saturated carbocycles. The largest absolute Gasteiger partial charge is 0.296 e. The monoisotopic (exact) mass is 525 g/mol. The molecule has 0 bridgehead atoms. The predicted molar refractivity (Wildman–Crippen MR) is 148 cm³/mol. The lowest BCUT2D eigenvalue weighted by Gasteiger charge is -2.52. The van der Waals surface area contributed by atoms with Gasteiger partial charge in [-0.25, -0.2) is 0 Å². The van der Waals surface area contributed by atoms with Crippen LogP contribution in [0.3, 0.4) is 0 Å². The van der Waals surface area contributed by atoms with E-state index in [1.54, 1.807) is 0 Å². The molecule has 0 N–H and O–H groups in total. The van der Waals surface area contributed by atoms with Gasteiger partial charge in [0.25, 0.3) is 10.2 Å². The quantitative estimate of drug-likeness (QED) is 0.305. The summed E-state index contributed by atoms with van der Waals surface area (Å²) in [4.78, 5) is 2.65. The Morgan fingerprint density at radius 2 is 1.63 bits per heavy atom. The minimum atomic E-state index is -3.44. The Bertz CT molecular complexity index is 869. The van der Waals surface area contributed by atoms with Crippen LogP contribution in [0.4, 0.5) is 0 Å². The van der Waals surface area contributed by atoms with Gasteiger partial charge < -0.3 is 0 Å². The summed E-state index contributed by atoms with van der Waals surface area (Å²) in [6.45, 7) is 8.63. The summed E-state index contributed by atoms with van der Waals surface area (Å²) < 4.78 is 32.0. The molecule has 3 aliphatic rings. The van der Waals surface area contributed by atoms with E-state index in [9.17, 15) is 8.42 Å². The minimum Gasteiger partial charge on any atom is -0.296 e. The standard InChI is InChI=1S/C28H47N3O2S.ClH/c1-3-5-7-11-18-30(19-12-8-6-4-2)34(32,33)31-20-13-15-25-23-29-21-17-24-14-9-10-16-26(24)28(29)22-27(25)31;/h9-10,14,16,25,27-28H,3-8,11-13,15,17-23H2,1-2H3;1H/t25-,27+,28+;/m1./s1. The predicted octanol–water partition coefficient (Wildman–Crippen LogP) is 6.20. The average Bonchev–Trinajstić information content (AvgIpc) is 2.86. The molecule has 5 nitrogen and oxygen atoms in total. The van der Waals surface area contributed by atoms with E-state index in [0.717, 1.165) is 64.5 Å². The Kier molecular flexibility index (Phi) is 11.4. The molecule has 200 valence electrons. The second kappa shape index (κ2) is 13.8. The Morgan fingerprint density at radius 3 is 2.31 bits per heavy atom. The average molecular weight is 526 g/mol. The number of unbranched alkanes of at least 4 members (excludes halogenated alkanes) is 6. The first kappa shape index (κ1) is 28.9. The second-order valence-electron chi connectivity index (χ2n) is 10.8. The highest BCUT2D eigenvalue weighted by atomic mass is 35.5. The minimum absolute atomic E-state index is 0. The Morgan fingerprint density at radius 1 is 0.943 bits per heavy atom. The van der Waals surface area contributed by atoms with E-state index in [1.165, 1.54) is 36.8 Å². The van der Waals surface area contributed by atoms with Gasteiger partial charge in [0.2, 0.25) is 0 Å². The van der Waals surface area contributed by atoms with Crippen LogP contribution >= 0.6 is 12.4 Å². The molecular weight excluding hydrogens is 478 g/mol. The van der Waals surface area contributed by atoms with Crippen molar-refractivity contribution in [2.45, 2.75) is 103 Å². The first-order valence-corrected chi connectivity index (χ1v) is 15.5. The number of nitrogens with zero attached hydrogens (tertiary/aromatic N) is 3. The van der Waals surface area contributed by atoms with Crippen molar-refractivity contribution in [3.63, 3.8) is 0 Å². The highest BCUT2D eigenvalue weighted by Gasteiger charge is 2.47. The van der Waals surface area contributed by atoms with Gasteiger partial charge in [0.05, 0.1) is 0 Å². The number of piperidine rings is 2. The van der Waals surface area contributed by atoms with Crippen molar-refractivity contribution < 1.29 is 8.42 Å². The molecule has 0 amide bonds. The Hall–Kier alpha value is -0.660. The van der Waals surface area contributed by atoms with Gasteiger partial charge in [-0.2, -0.15) is 17.0 Å². The fourth-order valence-corrected chi connectivity index (χ4v) is 8.54. The molecule has 1 aromatic carbocycles. The first-order valence-electron chi connectivity index (χ1n) is 14.1. The molecular formula is C28H48ClN3O2S. The molecule has 0 aromatic heterocycles. The maximum absolute atomic E-state index is 14.1. The van der Waals surface area contributed by atoms with Gasteiger partial charge in [-0.15, -0.1) is 12.4 Å². The van der Waals surface area contributed by atoms with Crippen LogP contribution in [0.5, 0.6) is 0 Å². The third-order valence-electron chi connectivity index (χ3n) is 8.47. The van der Waals surface area contributed by atoms with Crippen LogP contribution in [0.2, 0.25) is 0 Å². The van der Waals surface area contributed by atoms with Gasteiger partial charge in [0.15, 0.2) is 0 Å². The van der Waals surface area contributed by atoms with Gasteiger partial charge in [0, 0.05) is 44.8 Å². The zero-order valence-corrected chi connectivity index (χ0v) is 23.7. The van der Waals surface area contributed by atoms with Gasteiger partial charge in [-0.05, 0) is 55.6 Å². The molecule has 4 rings (SSSR count). The molecule has 2 fully saturated rings. The van der Waals surface area contributed by atoms with Gasteiger partial charge in [-0.3, -0.25) is 4.90 Å². The summed E-state index contributed by atoms with van der Waals surface area (Å²) >= 11 is 0. The highest BCUT2D eigenvalue weighted by Crippen LogP contribution is 2.43. The topological polar surface area (TPSA) is 43.9 Å². The number of halogens is 1. The fraction of sp³-hybridized carbons (Fsp3) is 0.786.